The lowest BCUT2D eigenvalue weighted by Gasteiger charge is -2.19. The molecule has 0 aliphatic carbocycles. The predicted octanol–water partition coefficient (Wildman–Crippen LogP) is 1.91. The van der Waals surface area contributed by atoms with Gasteiger partial charge in [-0.2, -0.15) is 0 Å². The molecule has 0 saturated carbocycles. The number of nitrogen functional groups attached to an aromatic ring is 1. The molecule has 1 aliphatic heterocycles. The Morgan fingerprint density at radius 2 is 2.36 bits per heavy atom. The van der Waals surface area contributed by atoms with Crippen LogP contribution in [-0.4, -0.2) is 24.5 Å². The largest absolute Gasteiger partial charge is 0.399 e. The van der Waals surface area contributed by atoms with E-state index in [1.165, 1.54) is 24.9 Å². The number of anilines is 1. The molecule has 1 atom stereocenters. The Morgan fingerprint density at radius 1 is 1.50 bits per heavy atom. The Bertz CT molecular complexity index is 309. The second-order valence-electron chi connectivity index (χ2n) is 4.23. The summed E-state index contributed by atoms with van der Waals surface area (Å²) in [6, 6.07) is 8.97. The smallest absolute Gasteiger partial charge is 0.0316 e. The molecule has 1 aromatic carbocycles. The van der Waals surface area contributed by atoms with Gasteiger partial charge in [-0.05, 0) is 50.6 Å². The zero-order valence-corrected chi connectivity index (χ0v) is 8.74. The van der Waals surface area contributed by atoms with Crippen LogP contribution in [0.25, 0.3) is 0 Å². The van der Waals surface area contributed by atoms with Crippen LogP contribution in [0.1, 0.15) is 18.4 Å². The maximum atomic E-state index is 5.75. The van der Waals surface area contributed by atoms with Crippen molar-refractivity contribution in [3.05, 3.63) is 29.8 Å². The number of benzene rings is 1. The van der Waals surface area contributed by atoms with Crippen molar-refractivity contribution in [2.24, 2.45) is 0 Å². The molecule has 1 heterocycles. The SMILES string of the molecule is CN1CCCC1Cc1cccc(N)c1. The van der Waals surface area contributed by atoms with Crippen molar-refractivity contribution in [1.29, 1.82) is 0 Å². The third-order valence-corrected chi connectivity index (χ3v) is 3.09. The van der Waals surface area contributed by atoms with Gasteiger partial charge in [0.1, 0.15) is 0 Å². The summed E-state index contributed by atoms with van der Waals surface area (Å²) in [5.74, 6) is 0. The van der Waals surface area contributed by atoms with Crippen molar-refractivity contribution in [2.75, 3.05) is 19.3 Å². The zero-order chi connectivity index (χ0) is 9.97. The van der Waals surface area contributed by atoms with Gasteiger partial charge in [-0.1, -0.05) is 12.1 Å². The van der Waals surface area contributed by atoms with Gasteiger partial charge in [-0.15, -0.1) is 0 Å². The van der Waals surface area contributed by atoms with Crippen molar-refractivity contribution in [3.8, 4) is 0 Å². The average Bonchev–Trinajstić information content (AvgIpc) is 2.52. The molecule has 76 valence electrons. The van der Waals surface area contributed by atoms with Crippen LogP contribution < -0.4 is 5.73 Å². The molecule has 0 amide bonds. The van der Waals surface area contributed by atoms with Crippen LogP contribution in [0.2, 0.25) is 0 Å². The minimum atomic E-state index is 0.719. The second kappa shape index (κ2) is 4.01. The molecule has 1 fully saturated rings. The number of nitrogens with two attached hydrogens (primary N) is 1. The molecule has 1 aromatic rings. The van der Waals surface area contributed by atoms with E-state index in [9.17, 15) is 0 Å². The van der Waals surface area contributed by atoms with E-state index in [-0.39, 0.29) is 0 Å². The van der Waals surface area contributed by atoms with Crippen molar-refractivity contribution in [3.63, 3.8) is 0 Å². The highest BCUT2D eigenvalue weighted by Crippen LogP contribution is 2.19. The van der Waals surface area contributed by atoms with Crippen LogP contribution in [0.5, 0.6) is 0 Å². The van der Waals surface area contributed by atoms with Gasteiger partial charge in [0, 0.05) is 11.7 Å². The zero-order valence-electron chi connectivity index (χ0n) is 8.74. The van der Waals surface area contributed by atoms with Crippen molar-refractivity contribution in [1.82, 2.24) is 4.90 Å². The summed E-state index contributed by atoms with van der Waals surface area (Å²) in [4.78, 5) is 2.45. The molecular formula is C12H18N2. The van der Waals surface area contributed by atoms with Crippen molar-refractivity contribution in [2.45, 2.75) is 25.3 Å². The van der Waals surface area contributed by atoms with Crippen LogP contribution in [0, 0.1) is 0 Å². The molecule has 0 bridgehead atoms. The summed E-state index contributed by atoms with van der Waals surface area (Å²) >= 11 is 0. The van der Waals surface area contributed by atoms with Gasteiger partial charge in [0.25, 0.3) is 0 Å². The van der Waals surface area contributed by atoms with Crippen LogP contribution in [0.4, 0.5) is 5.69 Å². The van der Waals surface area contributed by atoms with E-state index in [2.05, 4.69) is 24.1 Å². The highest BCUT2D eigenvalue weighted by atomic mass is 15.1. The van der Waals surface area contributed by atoms with E-state index in [0.29, 0.717) is 0 Å². The average molecular weight is 190 g/mol. The fourth-order valence-electron chi connectivity index (χ4n) is 2.23. The molecule has 0 aromatic heterocycles. The van der Waals surface area contributed by atoms with Gasteiger partial charge < -0.3 is 10.6 Å². The molecule has 2 rings (SSSR count). The summed E-state index contributed by atoms with van der Waals surface area (Å²) in [5, 5.41) is 0. The van der Waals surface area contributed by atoms with E-state index < -0.39 is 0 Å². The Morgan fingerprint density at radius 3 is 3.00 bits per heavy atom. The van der Waals surface area contributed by atoms with E-state index in [0.717, 1.165) is 18.2 Å². The number of likely N-dealkylation sites (N-methyl/N-ethyl adjacent to an activating group) is 1. The third-order valence-electron chi connectivity index (χ3n) is 3.09. The molecule has 14 heavy (non-hydrogen) atoms. The van der Waals surface area contributed by atoms with Gasteiger partial charge in [-0.25, -0.2) is 0 Å². The van der Waals surface area contributed by atoms with Gasteiger partial charge >= 0.3 is 0 Å². The fraction of sp³-hybridized carbons (Fsp3) is 0.500. The first-order valence-corrected chi connectivity index (χ1v) is 5.30. The van der Waals surface area contributed by atoms with E-state index in [4.69, 9.17) is 5.73 Å². The fourth-order valence-corrected chi connectivity index (χ4v) is 2.23. The normalized spacial score (nSPS) is 22.8. The predicted molar refractivity (Wildman–Crippen MR) is 60.2 cm³/mol. The van der Waals surface area contributed by atoms with Gasteiger partial charge in [-0.3, -0.25) is 0 Å². The molecule has 1 unspecified atom stereocenters. The first kappa shape index (κ1) is 9.53. The monoisotopic (exact) mass is 190 g/mol. The number of likely N-dealkylation sites (tertiary alicyclic amines) is 1. The summed E-state index contributed by atoms with van der Waals surface area (Å²) in [7, 11) is 2.21. The molecule has 1 aliphatic rings. The lowest BCUT2D eigenvalue weighted by Crippen LogP contribution is -2.26. The summed E-state index contributed by atoms with van der Waals surface area (Å²) in [6.45, 7) is 1.24. The summed E-state index contributed by atoms with van der Waals surface area (Å²) in [6.07, 6.45) is 3.80. The van der Waals surface area contributed by atoms with E-state index in [1.54, 1.807) is 0 Å². The van der Waals surface area contributed by atoms with Crippen molar-refractivity contribution >= 4 is 5.69 Å². The van der Waals surface area contributed by atoms with Crippen LogP contribution in [0.15, 0.2) is 24.3 Å². The Labute approximate surface area is 85.7 Å². The minimum absolute atomic E-state index is 0.719. The van der Waals surface area contributed by atoms with Crippen LogP contribution >= 0.6 is 0 Å². The third kappa shape index (κ3) is 2.07. The standard InChI is InChI=1S/C12H18N2/c1-14-7-3-6-12(14)9-10-4-2-5-11(13)8-10/h2,4-5,8,12H,3,6-7,9,13H2,1H3. The molecule has 2 heteroatoms. The lowest BCUT2D eigenvalue weighted by atomic mass is 10.0. The molecule has 0 radical (unpaired) electrons. The highest BCUT2D eigenvalue weighted by Gasteiger charge is 2.20. The van der Waals surface area contributed by atoms with E-state index >= 15 is 0 Å². The van der Waals surface area contributed by atoms with E-state index in [1.807, 2.05) is 12.1 Å². The minimum Gasteiger partial charge on any atom is -0.399 e. The highest BCUT2D eigenvalue weighted by molar-refractivity contribution is 5.40. The maximum absolute atomic E-state index is 5.75. The first-order chi connectivity index (χ1) is 6.75. The summed E-state index contributed by atoms with van der Waals surface area (Å²) < 4.78 is 0. The summed E-state index contributed by atoms with van der Waals surface area (Å²) in [5.41, 5.74) is 8.00. The molecule has 0 spiro atoms. The lowest BCUT2D eigenvalue weighted by molar-refractivity contribution is 0.309. The molecule has 2 nitrogen and oxygen atoms in total. The quantitative estimate of drug-likeness (QED) is 0.722. The van der Waals surface area contributed by atoms with Gasteiger partial charge in [0.2, 0.25) is 0 Å². The Kier molecular flexibility index (Phi) is 2.73. The Balaban J connectivity index is 2.03. The number of nitrogens with zero attached hydrogens (tertiary/aromatic N) is 1. The second-order valence-corrected chi connectivity index (χ2v) is 4.23. The van der Waals surface area contributed by atoms with Gasteiger partial charge in [0.05, 0.1) is 0 Å². The molecule has 2 N–H and O–H groups in total. The molecule has 1 saturated heterocycles. The van der Waals surface area contributed by atoms with Crippen LogP contribution in [-0.2, 0) is 6.42 Å². The number of hydrogen-bond donors (Lipinski definition) is 1. The molecular weight excluding hydrogens is 172 g/mol. The maximum Gasteiger partial charge on any atom is 0.0316 e. The first-order valence-electron chi connectivity index (χ1n) is 5.30. The number of hydrogen-bond acceptors (Lipinski definition) is 2. The van der Waals surface area contributed by atoms with Crippen molar-refractivity contribution < 1.29 is 0 Å². The van der Waals surface area contributed by atoms with Crippen LogP contribution in [0.3, 0.4) is 0 Å². The number of rotatable bonds is 2. The van der Waals surface area contributed by atoms with Gasteiger partial charge in [0.15, 0.2) is 0 Å². The Hall–Kier alpha value is -1.02. The topological polar surface area (TPSA) is 29.3 Å².